The number of nitrogens with zero attached hydrogens (tertiary/aromatic N) is 1. The summed E-state index contributed by atoms with van der Waals surface area (Å²) < 4.78 is 28.6. The average molecular weight is 356 g/mol. The number of carbonyl (C=O) groups is 1. The molecule has 24 heavy (non-hydrogen) atoms. The molecule has 0 heterocycles. The third kappa shape index (κ3) is 6.88. The fourth-order valence-electron chi connectivity index (χ4n) is 2.29. The average Bonchev–Trinajstić information content (AvgIpc) is 2.49. The van der Waals surface area contributed by atoms with E-state index in [4.69, 9.17) is 10.5 Å². The van der Waals surface area contributed by atoms with Crippen molar-refractivity contribution >= 4 is 15.7 Å². The van der Waals surface area contributed by atoms with E-state index >= 15 is 0 Å². The number of likely N-dealkylation sites (N-methyl/N-ethyl adjacent to an activating group) is 1. The Balaban J connectivity index is 2.42. The predicted octanol–water partition coefficient (Wildman–Crippen LogP) is 1.69. The van der Waals surface area contributed by atoms with Gasteiger partial charge in [0.15, 0.2) is 9.84 Å². The van der Waals surface area contributed by atoms with Gasteiger partial charge in [-0.3, -0.25) is 4.79 Å². The molecule has 7 heteroatoms. The summed E-state index contributed by atoms with van der Waals surface area (Å²) in [4.78, 5) is 13.9. The van der Waals surface area contributed by atoms with Gasteiger partial charge >= 0.3 is 0 Å². The van der Waals surface area contributed by atoms with Gasteiger partial charge in [-0.25, -0.2) is 8.42 Å². The van der Waals surface area contributed by atoms with Gasteiger partial charge in [-0.15, -0.1) is 0 Å². The summed E-state index contributed by atoms with van der Waals surface area (Å²) in [5.74, 6) is 0.814. The fourth-order valence-corrected chi connectivity index (χ4v) is 2.94. The van der Waals surface area contributed by atoms with Gasteiger partial charge in [0, 0.05) is 19.8 Å². The highest BCUT2D eigenvalue weighted by molar-refractivity contribution is 7.90. The van der Waals surface area contributed by atoms with E-state index in [1.165, 1.54) is 12.1 Å². The number of hydrogen-bond donors (Lipinski definition) is 1. The van der Waals surface area contributed by atoms with Crippen molar-refractivity contribution in [2.24, 2.45) is 11.7 Å². The molecule has 0 bridgehead atoms. The first-order valence-electron chi connectivity index (χ1n) is 8.04. The summed E-state index contributed by atoms with van der Waals surface area (Å²) in [7, 11) is -1.52. The van der Waals surface area contributed by atoms with Gasteiger partial charge in [-0.05, 0) is 37.0 Å². The van der Waals surface area contributed by atoms with Crippen LogP contribution in [0.2, 0.25) is 0 Å². The van der Waals surface area contributed by atoms with Crippen molar-refractivity contribution in [1.29, 1.82) is 0 Å². The second-order valence-corrected chi connectivity index (χ2v) is 8.46. The minimum absolute atomic E-state index is 0.0669. The maximum Gasteiger partial charge on any atom is 0.239 e. The molecule has 0 spiro atoms. The molecule has 0 radical (unpaired) electrons. The Morgan fingerprint density at radius 2 is 2.00 bits per heavy atom. The Labute approximate surface area is 144 Å². The first-order chi connectivity index (χ1) is 11.1. The maximum absolute atomic E-state index is 12.1. The zero-order valence-electron chi connectivity index (χ0n) is 14.9. The van der Waals surface area contributed by atoms with E-state index in [2.05, 4.69) is 0 Å². The molecule has 6 nitrogen and oxygen atoms in total. The molecule has 0 aliphatic heterocycles. The Bertz CT molecular complexity index is 644. The summed E-state index contributed by atoms with van der Waals surface area (Å²) >= 11 is 0. The van der Waals surface area contributed by atoms with Gasteiger partial charge in [0.2, 0.25) is 5.91 Å². The SMILES string of the molecule is CC(C)C[C@H](N)C(=O)N(C)CCCOc1cccc(S(C)(=O)=O)c1. The molecule has 0 fully saturated rings. The van der Waals surface area contributed by atoms with Crippen molar-refractivity contribution in [3.8, 4) is 5.75 Å². The summed E-state index contributed by atoms with van der Waals surface area (Å²) in [6, 6.07) is 5.92. The van der Waals surface area contributed by atoms with Crippen LogP contribution in [0.3, 0.4) is 0 Å². The van der Waals surface area contributed by atoms with Crippen LogP contribution < -0.4 is 10.5 Å². The molecule has 1 amide bonds. The molecule has 1 atom stereocenters. The van der Waals surface area contributed by atoms with Crippen LogP contribution in [0.25, 0.3) is 0 Å². The van der Waals surface area contributed by atoms with E-state index in [9.17, 15) is 13.2 Å². The van der Waals surface area contributed by atoms with E-state index in [1.54, 1.807) is 24.1 Å². The highest BCUT2D eigenvalue weighted by Gasteiger charge is 2.18. The van der Waals surface area contributed by atoms with Crippen LogP contribution in [-0.2, 0) is 14.6 Å². The van der Waals surface area contributed by atoms with E-state index in [0.29, 0.717) is 37.7 Å². The lowest BCUT2D eigenvalue weighted by atomic mass is 10.0. The highest BCUT2D eigenvalue weighted by atomic mass is 32.2. The smallest absolute Gasteiger partial charge is 0.239 e. The van der Waals surface area contributed by atoms with Gasteiger partial charge in [0.1, 0.15) is 5.75 Å². The lowest BCUT2D eigenvalue weighted by molar-refractivity contribution is -0.131. The minimum Gasteiger partial charge on any atom is -0.493 e. The van der Waals surface area contributed by atoms with Crippen LogP contribution in [0.5, 0.6) is 5.75 Å². The molecule has 1 rings (SSSR count). The van der Waals surface area contributed by atoms with Crippen molar-refractivity contribution in [3.05, 3.63) is 24.3 Å². The molecule has 0 aromatic heterocycles. The molecule has 0 unspecified atom stereocenters. The standard InChI is InChI=1S/C17H28N2O4S/c1-13(2)11-16(18)17(20)19(3)9-6-10-23-14-7-5-8-15(12-14)24(4,21)22/h5,7-8,12-13,16H,6,9-11,18H2,1-4H3/t16-/m0/s1. The molecule has 0 aliphatic rings. The van der Waals surface area contributed by atoms with Gasteiger partial charge in [0.25, 0.3) is 0 Å². The first kappa shape index (κ1) is 20.4. The molecular formula is C17H28N2O4S. The summed E-state index contributed by atoms with van der Waals surface area (Å²) in [5.41, 5.74) is 5.89. The van der Waals surface area contributed by atoms with Gasteiger partial charge in [0.05, 0.1) is 17.5 Å². The highest BCUT2D eigenvalue weighted by Crippen LogP contribution is 2.17. The third-order valence-electron chi connectivity index (χ3n) is 3.56. The number of benzene rings is 1. The van der Waals surface area contributed by atoms with Gasteiger partial charge in [-0.1, -0.05) is 19.9 Å². The molecule has 2 N–H and O–H groups in total. The zero-order chi connectivity index (χ0) is 18.3. The lowest BCUT2D eigenvalue weighted by Crippen LogP contribution is -2.43. The second-order valence-electron chi connectivity index (χ2n) is 6.44. The largest absolute Gasteiger partial charge is 0.493 e. The van der Waals surface area contributed by atoms with Crippen LogP contribution in [0, 0.1) is 5.92 Å². The molecule has 0 aliphatic carbocycles. The number of carbonyl (C=O) groups excluding carboxylic acids is 1. The summed E-state index contributed by atoms with van der Waals surface area (Å²) in [6.45, 7) is 5.00. The van der Waals surface area contributed by atoms with Crippen molar-refractivity contribution < 1.29 is 17.9 Å². The molecule has 1 aromatic rings. The monoisotopic (exact) mass is 356 g/mol. The summed E-state index contributed by atoms with van der Waals surface area (Å²) in [6.07, 6.45) is 2.46. The van der Waals surface area contributed by atoms with E-state index in [-0.39, 0.29) is 10.8 Å². The Morgan fingerprint density at radius 3 is 2.58 bits per heavy atom. The van der Waals surface area contributed by atoms with Crippen molar-refractivity contribution in [2.75, 3.05) is 26.5 Å². The topological polar surface area (TPSA) is 89.7 Å². The first-order valence-corrected chi connectivity index (χ1v) is 9.94. The molecule has 0 saturated heterocycles. The van der Waals surface area contributed by atoms with Gasteiger partial charge in [-0.2, -0.15) is 0 Å². The Morgan fingerprint density at radius 1 is 1.33 bits per heavy atom. The van der Waals surface area contributed by atoms with Crippen LogP contribution in [0.4, 0.5) is 0 Å². The second kappa shape index (κ2) is 9.03. The zero-order valence-corrected chi connectivity index (χ0v) is 15.7. The number of hydrogen-bond acceptors (Lipinski definition) is 5. The summed E-state index contributed by atoms with van der Waals surface area (Å²) in [5, 5.41) is 0. The molecule has 0 saturated carbocycles. The predicted molar refractivity (Wildman–Crippen MR) is 94.7 cm³/mol. The maximum atomic E-state index is 12.1. The van der Waals surface area contributed by atoms with E-state index < -0.39 is 15.9 Å². The van der Waals surface area contributed by atoms with Crippen molar-refractivity contribution in [1.82, 2.24) is 4.90 Å². The Kier molecular flexibility index (Phi) is 7.69. The number of nitrogens with two attached hydrogens (primary N) is 1. The molecule has 136 valence electrons. The van der Waals surface area contributed by atoms with Crippen LogP contribution in [0.1, 0.15) is 26.7 Å². The van der Waals surface area contributed by atoms with Crippen LogP contribution in [-0.4, -0.2) is 51.7 Å². The lowest BCUT2D eigenvalue weighted by Gasteiger charge is -2.22. The Hall–Kier alpha value is -1.60. The van der Waals surface area contributed by atoms with Crippen molar-refractivity contribution in [3.63, 3.8) is 0 Å². The number of ether oxygens (including phenoxy) is 1. The van der Waals surface area contributed by atoms with E-state index in [0.717, 1.165) is 6.26 Å². The normalized spacial score (nSPS) is 12.9. The van der Waals surface area contributed by atoms with Crippen LogP contribution in [0.15, 0.2) is 29.2 Å². The number of rotatable bonds is 9. The van der Waals surface area contributed by atoms with Crippen LogP contribution >= 0.6 is 0 Å². The van der Waals surface area contributed by atoms with Crippen molar-refractivity contribution in [2.45, 2.75) is 37.6 Å². The fraction of sp³-hybridized carbons (Fsp3) is 0.588. The minimum atomic E-state index is -3.25. The molecular weight excluding hydrogens is 328 g/mol. The number of sulfone groups is 1. The van der Waals surface area contributed by atoms with Gasteiger partial charge < -0.3 is 15.4 Å². The number of amides is 1. The van der Waals surface area contributed by atoms with E-state index in [1.807, 2.05) is 13.8 Å². The third-order valence-corrected chi connectivity index (χ3v) is 4.67. The quantitative estimate of drug-likeness (QED) is 0.680. The molecule has 1 aromatic carbocycles.